The highest BCUT2D eigenvalue weighted by atomic mass is 35.5. The number of hydrogen-bond acceptors (Lipinski definition) is 2. The zero-order valence-electron chi connectivity index (χ0n) is 11.8. The molecule has 114 valence electrons. The SMILES string of the molecule is O=C(COc1cc(Cl)ccc1Cl)NC1CCc2ccccc21. The van der Waals surface area contributed by atoms with Crippen molar-refractivity contribution in [1.82, 2.24) is 5.32 Å². The summed E-state index contributed by atoms with van der Waals surface area (Å²) in [5.41, 5.74) is 2.49. The molecule has 0 spiro atoms. The molecule has 1 aliphatic carbocycles. The van der Waals surface area contributed by atoms with Crippen molar-refractivity contribution < 1.29 is 9.53 Å². The van der Waals surface area contributed by atoms with Crippen molar-refractivity contribution in [2.24, 2.45) is 0 Å². The molecule has 0 fully saturated rings. The second-order valence-corrected chi connectivity index (χ2v) is 6.06. The van der Waals surface area contributed by atoms with E-state index < -0.39 is 0 Å². The lowest BCUT2D eigenvalue weighted by Gasteiger charge is -2.15. The Hall–Kier alpha value is -1.71. The summed E-state index contributed by atoms with van der Waals surface area (Å²) in [5.74, 6) is 0.244. The number of rotatable bonds is 4. The maximum Gasteiger partial charge on any atom is 0.258 e. The third-order valence-electron chi connectivity index (χ3n) is 3.72. The van der Waals surface area contributed by atoms with Gasteiger partial charge in [0, 0.05) is 11.1 Å². The maximum absolute atomic E-state index is 12.1. The standard InChI is InChI=1S/C17H15Cl2NO2/c18-12-6-7-14(19)16(9-12)22-10-17(21)20-15-8-5-11-3-1-2-4-13(11)15/h1-4,6-7,9,15H,5,8,10H2,(H,20,21). The zero-order chi connectivity index (χ0) is 15.5. The largest absolute Gasteiger partial charge is 0.482 e. The van der Waals surface area contributed by atoms with E-state index in [0.29, 0.717) is 15.8 Å². The molecule has 1 N–H and O–H groups in total. The van der Waals surface area contributed by atoms with Crippen LogP contribution in [0.1, 0.15) is 23.6 Å². The summed E-state index contributed by atoms with van der Waals surface area (Å²) in [5, 5.41) is 3.95. The number of nitrogens with one attached hydrogen (secondary N) is 1. The van der Waals surface area contributed by atoms with Gasteiger partial charge in [-0.25, -0.2) is 0 Å². The van der Waals surface area contributed by atoms with Gasteiger partial charge in [-0.3, -0.25) is 4.79 Å². The van der Waals surface area contributed by atoms with E-state index in [1.54, 1.807) is 18.2 Å². The third kappa shape index (κ3) is 3.37. The maximum atomic E-state index is 12.1. The number of halogens is 2. The minimum atomic E-state index is -0.169. The van der Waals surface area contributed by atoms with Crippen LogP contribution in [-0.4, -0.2) is 12.5 Å². The molecule has 5 heteroatoms. The quantitative estimate of drug-likeness (QED) is 0.910. The number of hydrogen-bond donors (Lipinski definition) is 1. The average molecular weight is 336 g/mol. The molecule has 0 bridgehead atoms. The van der Waals surface area contributed by atoms with E-state index in [9.17, 15) is 4.79 Å². The van der Waals surface area contributed by atoms with E-state index in [2.05, 4.69) is 17.4 Å². The molecule has 1 amide bonds. The Balaban J connectivity index is 1.59. The van der Waals surface area contributed by atoms with Gasteiger partial charge < -0.3 is 10.1 Å². The number of ether oxygens (including phenoxy) is 1. The lowest BCUT2D eigenvalue weighted by molar-refractivity contribution is -0.123. The number of benzene rings is 2. The number of carbonyl (C=O) groups is 1. The van der Waals surface area contributed by atoms with Crippen molar-refractivity contribution in [3.8, 4) is 5.75 Å². The van der Waals surface area contributed by atoms with E-state index >= 15 is 0 Å². The normalized spacial score (nSPS) is 16.2. The second kappa shape index (κ2) is 6.59. The van der Waals surface area contributed by atoms with Gasteiger partial charge in [0.25, 0.3) is 5.91 Å². The molecule has 3 rings (SSSR count). The Bertz CT molecular complexity index is 703. The minimum absolute atomic E-state index is 0.0575. The summed E-state index contributed by atoms with van der Waals surface area (Å²) in [6, 6.07) is 13.1. The van der Waals surface area contributed by atoms with Crippen LogP contribution in [0.4, 0.5) is 0 Å². The Labute approximate surface area is 139 Å². The third-order valence-corrected chi connectivity index (χ3v) is 4.27. The van der Waals surface area contributed by atoms with Crippen molar-refractivity contribution in [2.75, 3.05) is 6.61 Å². The van der Waals surface area contributed by atoms with Crippen LogP contribution >= 0.6 is 23.2 Å². The van der Waals surface area contributed by atoms with Gasteiger partial charge in [0.05, 0.1) is 11.1 Å². The molecule has 0 heterocycles. The smallest absolute Gasteiger partial charge is 0.258 e. The van der Waals surface area contributed by atoms with E-state index in [-0.39, 0.29) is 18.6 Å². The van der Waals surface area contributed by atoms with Gasteiger partial charge in [-0.15, -0.1) is 0 Å². The summed E-state index contributed by atoms with van der Waals surface area (Å²) >= 11 is 11.9. The first-order valence-corrected chi connectivity index (χ1v) is 7.84. The van der Waals surface area contributed by atoms with Crippen LogP contribution in [0.15, 0.2) is 42.5 Å². The monoisotopic (exact) mass is 335 g/mol. The molecular weight excluding hydrogens is 321 g/mol. The van der Waals surface area contributed by atoms with E-state index in [1.165, 1.54) is 11.1 Å². The molecule has 1 aliphatic rings. The number of aryl methyl sites for hydroxylation is 1. The van der Waals surface area contributed by atoms with Crippen LogP contribution in [0.25, 0.3) is 0 Å². The molecule has 2 aromatic carbocycles. The fraction of sp³-hybridized carbons (Fsp3) is 0.235. The van der Waals surface area contributed by atoms with Gasteiger partial charge in [0.15, 0.2) is 6.61 Å². The molecule has 22 heavy (non-hydrogen) atoms. The van der Waals surface area contributed by atoms with Gasteiger partial charge >= 0.3 is 0 Å². The Morgan fingerprint density at radius 1 is 1.23 bits per heavy atom. The molecule has 0 aromatic heterocycles. The highest BCUT2D eigenvalue weighted by Gasteiger charge is 2.23. The minimum Gasteiger partial charge on any atom is -0.482 e. The molecule has 1 unspecified atom stereocenters. The number of amides is 1. The van der Waals surface area contributed by atoms with Crippen LogP contribution in [0.2, 0.25) is 10.0 Å². The molecular formula is C17H15Cl2NO2. The van der Waals surface area contributed by atoms with Crippen LogP contribution in [0.5, 0.6) is 5.75 Å². The van der Waals surface area contributed by atoms with Gasteiger partial charge in [-0.1, -0.05) is 47.5 Å². The molecule has 2 aromatic rings. The van der Waals surface area contributed by atoms with E-state index in [1.807, 2.05) is 12.1 Å². The molecule has 0 saturated heterocycles. The fourth-order valence-corrected chi connectivity index (χ4v) is 3.01. The number of carbonyl (C=O) groups excluding carboxylic acids is 1. The van der Waals surface area contributed by atoms with E-state index in [4.69, 9.17) is 27.9 Å². The summed E-state index contributed by atoms with van der Waals surface area (Å²) in [6.07, 6.45) is 1.91. The van der Waals surface area contributed by atoms with Crippen molar-refractivity contribution in [2.45, 2.75) is 18.9 Å². The Morgan fingerprint density at radius 3 is 2.91 bits per heavy atom. The van der Waals surface area contributed by atoms with Crippen molar-refractivity contribution in [1.29, 1.82) is 0 Å². The molecule has 0 radical (unpaired) electrons. The van der Waals surface area contributed by atoms with Gasteiger partial charge in [0.1, 0.15) is 5.75 Å². The second-order valence-electron chi connectivity index (χ2n) is 5.22. The van der Waals surface area contributed by atoms with Crippen LogP contribution in [0, 0.1) is 0 Å². The first kappa shape index (κ1) is 15.2. The topological polar surface area (TPSA) is 38.3 Å². The van der Waals surface area contributed by atoms with Crippen LogP contribution in [0.3, 0.4) is 0 Å². The van der Waals surface area contributed by atoms with Gasteiger partial charge in [-0.05, 0) is 36.1 Å². The molecule has 0 saturated carbocycles. The summed E-state index contributed by atoms with van der Waals surface area (Å²) in [6.45, 7) is -0.0846. The zero-order valence-corrected chi connectivity index (χ0v) is 13.3. The van der Waals surface area contributed by atoms with E-state index in [0.717, 1.165) is 12.8 Å². The van der Waals surface area contributed by atoms with Crippen LogP contribution in [-0.2, 0) is 11.2 Å². The number of fused-ring (bicyclic) bond motifs is 1. The van der Waals surface area contributed by atoms with Crippen molar-refractivity contribution in [3.63, 3.8) is 0 Å². The van der Waals surface area contributed by atoms with Crippen molar-refractivity contribution in [3.05, 3.63) is 63.6 Å². The average Bonchev–Trinajstić information content (AvgIpc) is 2.91. The summed E-state index contributed by atoms with van der Waals surface area (Å²) < 4.78 is 5.45. The molecule has 1 atom stereocenters. The fourth-order valence-electron chi connectivity index (χ4n) is 2.67. The molecule has 0 aliphatic heterocycles. The predicted octanol–water partition coefficient (Wildman–Crippen LogP) is 4.18. The highest BCUT2D eigenvalue weighted by molar-refractivity contribution is 6.34. The first-order chi connectivity index (χ1) is 10.6. The Kier molecular flexibility index (Phi) is 4.55. The summed E-state index contributed by atoms with van der Waals surface area (Å²) in [4.78, 5) is 12.1. The molecule has 3 nitrogen and oxygen atoms in total. The predicted molar refractivity (Wildman–Crippen MR) is 87.6 cm³/mol. The highest BCUT2D eigenvalue weighted by Crippen LogP contribution is 2.31. The lowest BCUT2D eigenvalue weighted by atomic mass is 10.1. The van der Waals surface area contributed by atoms with Gasteiger partial charge in [-0.2, -0.15) is 0 Å². The van der Waals surface area contributed by atoms with Crippen LogP contribution < -0.4 is 10.1 Å². The first-order valence-electron chi connectivity index (χ1n) is 7.08. The summed E-state index contributed by atoms with van der Waals surface area (Å²) in [7, 11) is 0. The Morgan fingerprint density at radius 2 is 2.05 bits per heavy atom. The van der Waals surface area contributed by atoms with Crippen molar-refractivity contribution >= 4 is 29.1 Å². The lowest BCUT2D eigenvalue weighted by Crippen LogP contribution is -2.31. The van der Waals surface area contributed by atoms with Gasteiger partial charge in [0.2, 0.25) is 0 Å².